The van der Waals surface area contributed by atoms with Crippen LogP contribution in [0.25, 0.3) is 0 Å². The van der Waals surface area contributed by atoms with E-state index in [2.05, 4.69) is 34.6 Å². The van der Waals surface area contributed by atoms with Crippen molar-refractivity contribution in [3.8, 4) is 11.5 Å². The van der Waals surface area contributed by atoms with Crippen LogP contribution in [0, 0.1) is 38.5 Å². The molecule has 0 spiro atoms. The standard InChI is InChI=1S/C41H71NO8/c1-30(2)12-9-13-31(3)14-10-15-32(4)16-11-20-41(8)21-19-36-35(7)39(33(5)34(6)40(36)50-41)49-38(44)18-17-37(43)48-29-28-47-27-26-46-25-24-45-23-22-42/h30-32H,9-29,42H2,1-8H3/t31-,32-,41-/m1/s1. The fourth-order valence-electron chi connectivity index (χ4n) is 6.69. The first-order valence-electron chi connectivity index (χ1n) is 19.5. The molecule has 288 valence electrons. The molecule has 9 heteroatoms. The fraction of sp³-hybridized carbons (Fsp3) is 0.805. The number of ether oxygens (including phenoxy) is 6. The predicted octanol–water partition coefficient (Wildman–Crippen LogP) is 8.37. The van der Waals surface area contributed by atoms with E-state index in [0.717, 1.165) is 65.0 Å². The lowest BCUT2D eigenvalue weighted by molar-refractivity contribution is -0.148. The molecule has 50 heavy (non-hydrogen) atoms. The Morgan fingerprint density at radius 1 is 0.720 bits per heavy atom. The van der Waals surface area contributed by atoms with Gasteiger partial charge in [0.1, 0.15) is 23.7 Å². The van der Waals surface area contributed by atoms with Crippen LogP contribution in [0.1, 0.15) is 134 Å². The summed E-state index contributed by atoms with van der Waals surface area (Å²) in [6.45, 7) is 20.9. The Labute approximate surface area is 304 Å². The molecule has 0 fully saturated rings. The SMILES string of the molecule is Cc1c(C)c2c(c(C)c1OC(=O)CCC(=O)OCCOCCOCCOCCN)CC[C@@](C)(CCC[C@H](C)CCC[C@H](C)CCCC(C)C)O2. The second-order valence-electron chi connectivity index (χ2n) is 15.2. The molecule has 0 radical (unpaired) electrons. The Morgan fingerprint density at radius 2 is 1.26 bits per heavy atom. The summed E-state index contributed by atoms with van der Waals surface area (Å²) < 4.78 is 33.8. The molecule has 1 aromatic rings. The van der Waals surface area contributed by atoms with Crippen molar-refractivity contribution in [2.45, 2.75) is 144 Å². The lowest BCUT2D eigenvalue weighted by Crippen LogP contribution is -2.37. The lowest BCUT2D eigenvalue weighted by atomic mass is 9.83. The third kappa shape index (κ3) is 16.9. The van der Waals surface area contributed by atoms with Gasteiger partial charge in [-0.05, 0) is 87.8 Å². The van der Waals surface area contributed by atoms with Crippen molar-refractivity contribution in [1.29, 1.82) is 0 Å². The minimum atomic E-state index is -0.460. The van der Waals surface area contributed by atoms with E-state index >= 15 is 0 Å². The number of carbonyl (C=O) groups excluding carboxylic acids is 2. The van der Waals surface area contributed by atoms with Crippen LogP contribution in [-0.2, 0) is 35.0 Å². The maximum absolute atomic E-state index is 12.8. The van der Waals surface area contributed by atoms with Crippen molar-refractivity contribution in [3.05, 3.63) is 22.3 Å². The number of carbonyl (C=O) groups is 2. The molecule has 0 unspecified atom stereocenters. The molecule has 1 aromatic carbocycles. The molecule has 1 heterocycles. The Bertz CT molecular complexity index is 1140. The van der Waals surface area contributed by atoms with Gasteiger partial charge in [-0.25, -0.2) is 0 Å². The molecule has 0 aliphatic carbocycles. The second kappa shape index (κ2) is 24.1. The fourth-order valence-corrected chi connectivity index (χ4v) is 6.69. The first-order valence-corrected chi connectivity index (χ1v) is 19.5. The van der Waals surface area contributed by atoms with E-state index in [1.54, 1.807) is 0 Å². The van der Waals surface area contributed by atoms with Crippen molar-refractivity contribution < 1.29 is 38.0 Å². The quantitative estimate of drug-likeness (QED) is 0.0548. The van der Waals surface area contributed by atoms with Crippen LogP contribution in [0.15, 0.2) is 0 Å². The van der Waals surface area contributed by atoms with E-state index in [4.69, 9.17) is 34.2 Å². The number of hydrogen-bond acceptors (Lipinski definition) is 9. The highest BCUT2D eigenvalue weighted by atomic mass is 16.6. The molecule has 0 saturated heterocycles. The van der Waals surface area contributed by atoms with Crippen molar-refractivity contribution >= 4 is 11.9 Å². The number of rotatable bonds is 27. The maximum atomic E-state index is 12.8. The minimum absolute atomic E-state index is 0.0512. The topological polar surface area (TPSA) is 116 Å². The van der Waals surface area contributed by atoms with Gasteiger partial charge in [0, 0.05) is 12.1 Å². The monoisotopic (exact) mass is 706 g/mol. The summed E-state index contributed by atoms with van der Waals surface area (Å²) in [4.78, 5) is 25.0. The van der Waals surface area contributed by atoms with Crippen LogP contribution in [0.3, 0.4) is 0 Å². The highest BCUT2D eigenvalue weighted by Crippen LogP contribution is 2.45. The third-order valence-corrected chi connectivity index (χ3v) is 10.1. The molecule has 0 bridgehead atoms. The largest absolute Gasteiger partial charge is 0.487 e. The summed E-state index contributed by atoms with van der Waals surface area (Å²) in [5.41, 5.74) is 9.14. The van der Waals surface area contributed by atoms with Crippen molar-refractivity contribution in [2.24, 2.45) is 23.5 Å². The summed E-state index contributed by atoms with van der Waals surface area (Å²) in [7, 11) is 0. The Kier molecular flexibility index (Phi) is 21.2. The number of nitrogens with two attached hydrogens (primary N) is 1. The van der Waals surface area contributed by atoms with E-state index in [1.165, 1.54) is 51.4 Å². The summed E-state index contributed by atoms with van der Waals surface area (Å²) in [6.07, 6.45) is 13.2. The summed E-state index contributed by atoms with van der Waals surface area (Å²) in [5, 5.41) is 0. The minimum Gasteiger partial charge on any atom is -0.487 e. The van der Waals surface area contributed by atoms with Gasteiger partial charge >= 0.3 is 11.9 Å². The molecule has 3 atom stereocenters. The Morgan fingerprint density at radius 3 is 1.86 bits per heavy atom. The maximum Gasteiger partial charge on any atom is 0.311 e. The summed E-state index contributed by atoms with van der Waals surface area (Å²) in [5.74, 6) is 3.01. The smallest absolute Gasteiger partial charge is 0.311 e. The highest BCUT2D eigenvalue weighted by molar-refractivity contribution is 5.80. The molecular formula is C41H71NO8. The molecule has 0 aromatic heterocycles. The molecule has 1 aliphatic heterocycles. The number of esters is 2. The predicted molar refractivity (Wildman–Crippen MR) is 200 cm³/mol. The summed E-state index contributed by atoms with van der Waals surface area (Å²) >= 11 is 0. The molecule has 1 aliphatic rings. The van der Waals surface area contributed by atoms with Crippen LogP contribution in [0.2, 0.25) is 0 Å². The van der Waals surface area contributed by atoms with Gasteiger partial charge in [-0.15, -0.1) is 0 Å². The van der Waals surface area contributed by atoms with E-state index in [1.807, 2.05) is 20.8 Å². The van der Waals surface area contributed by atoms with E-state index < -0.39 is 11.9 Å². The van der Waals surface area contributed by atoms with Crippen LogP contribution >= 0.6 is 0 Å². The van der Waals surface area contributed by atoms with Gasteiger partial charge in [0.25, 0.3) is 0 Å². The molecule has 0 saturated carbocycles. The van der Waals surface area contributed by atoms with Crippen molar-refractivity contribution in [2.75, 3.05) is 52.8 Å². The normalized spacial score (nSPS) is 16.9. The van der Waals surface area contributed by atoms with Crippen LogP contribution in [0.5, 0.6) is 11.5 Å². The van der Waals surface area contributed by atoms with E-state index in [-0.39, 0.29) is 31.7 Å². The second-order valence-corrected chi connectivity index (χ2v) is 15.2. The average Bonchev–Trinajstić information content (AvgIpc) is 3.07. The van der Waals surface area contributed by atoms with E-state index in [9.17, 15) is 9.59 Å². The van der Waals surface area contributed by atoms with Gasteiger partial charge < -0.3 is 34.2 Å². The third-order valence-electron chi connectivity index (χ3n) is 10.1. The van der Waals surface area contributed by atoms with Gasteiger partial charge in [-0.1, -0.05) is 72.6 Å². The molecule has 2 rings (SSSR count). The first kappa shape index (κ1) is 44.0. The average molecular weight is 706 g/mol. The Balaban J connectivity index is 1.72. The zero-order valence-corrected chi connectivity index (χ0v) is 32.9. The van der Waals surface area contributed by atoms with Crippen LogP contribution in [0.4, 0.5) is 0 Å². The molecule has 9 nitrogen and oxygen atoms in total. The van der Waals surface area contributed by atoms with Crippen molar-refractivity contribution in [3.63, 3.8) is 0 Å². The van der Waals surface area contributed by atoms with Gasteiger partial charge in [0.2, 0.25) is 0 Å². The highest BCUT2D eigenvalue weighted by Gasteiger charge is 2.35. The zero-order valence-electron chi connectivity index (χ0n) is 32.9. The zero-order chi connectivity index (χ0) is 36.9. The number of hydrogen-bond donors (Lipinski definition) is 1. The van der Waals surface area contributed by atoms with Crippen molar-refractivity contribution in [1.82, 2.24) is 0 Å². The van der Waals surface area contributed by atoms with Gasteiger partial charge in [-0.3, -0.25) is 9.59 Å². The van der Waals surface area contributed by atoms with Gasteiger partial charge in [0.15, 0.2) is 0 Å². The lowest BCUT2D eigenvalue weighted by Gasteiger charge is -2.38. The molecule has 0 amide bonds. The molecular weight excluding hydrogens is 634 g/mol. The first-order chi connectivity index (χ1) is 23.9. The number of fused-ring (bicyclic) bond motifs is 1. The Hall–Kier alpha value is -2.20. The summed E-state index contributed by atoms with van der Waals surface area (Å²) in [6, 6.07) is 0. The molecule has 2 N–H and O–H groups in total. The van der Waals surface area contributed by atoms with Crippen LogP contribution < -0.4 is 15.2 Å². The van der Waals surface area contributed by atoms with E-state index in [0.29, 0.717) is 45.3 Å². The van der Waals surface area contributed by atoms with Crippen LogP contribution in [-0.4, -0.2) is 70.3 Å². The van der Waals surface area contributed by atoms with Gasteiger partial charge in [-0.2, -0.15) is 0 Å². The van der Waals surface area contributed by atoms with Gasteiger partial charge in [0.05, 0.1) is 52.5 Å². The number of benzene rings is 1.